The van der Waals surface area contributed by atoms with E-state index in [9.17, 15) is 9.59 Å². The Morgan fingerprint density at radius 1 is 0.696 bits per heavy atom. The first-order chi connectivity index (χ1) is 10.9. The summed E-state index contributed by atoms with van der Waals surface area (Å²) in [7, 11) is 0. The fourth-order valence-corrected chi connectivity index (χ4v) is 2.44. The third-order valence-electron chi connectivity index (χ3n) is 2.36. The monoisotopic (exact) mass is 362 g/mol. The molecule has 0 saturated carbocycles. The van der Waals surface area contributed by atoms with Crippen LogP contribution >= 0.6 is 23.5 Å². The molecule has 0 aliphatic rings. The molecular weight excluding hydrogens is 336 g/mol. The predicted octanol–water partition coefficient (Wildman–Crippen LogP) is 2.71. The van der Waals surface area contributed by atoms with Crippen molar-refractivity contribution in [2.75, 3.05) is 51.1 Å². The van der Waals surface area contributed by atoms with Crippen LogP contribution in [0.15, 0.2) is 24.3 Å². The van der Waals surface area contributed by atoms with E-state index in [1.165, 1.54) is 23.5 Å². The highest BCUT2D eigenvalue weighted by Crippen LogP contribution is 2.08. The lowest BCUT2D eigenvalue weighted by Crippen LogP contribution is -2.11. The van der Waals surface area contributed by atoms with Gasteiger partial charge in [0.2, 0.25) is 10.2 Å². The summed E-state index contributed by atoms with van der Waals surface area (Å²) in [6.07, 6.45) is 0. The number of hydrogen-bond donors (Lipinski definition) is 0. The summed E-state index contributed by atoms with van der Waals surface area (Å²) >= 11 is 2.42. The van der Waals surface area contributed by atoms with E-state index < -0.39 is 0 Å². The van der Waals surface area contributed by atoms with Gasteiger partial charge >= 0.3 is 0 Å². The van der Waals surface area contributed by atoms with Gasteiger partial charge in [-0.25, -0.2) is 0 Å². The van der Waals surface area contributed by atoms with Gasteiger partial charge in [-0.3, -0.25) is 9.59 Å². The number of carbonyl (C=O) groups is 2. The van der Waals surface area contributed by atoms with Crippen LogP contribution in [0.2, 0.25) is 0 Å². The molecule has 0 bridgehead atoms. The molecule has 0 radical (unpaired) electrons. The van der Waals surface area contributed by atoms with Gasteiger partial charge in [0.15, 0.2) is 0 Å². The molecule has 0 aliphatic carbocycles. The molecule has 7 heteroatoms. The van der Waals surface area contributed by atoms with Crippen molar-refractivity contribution >= 4 is 33.8 Å². The summed E-state index contributed by atoms with van der Waals surface area (Å²) in [6.45, 7) is 13.5. The van der Waals surface area contributed by atoms with Crippen LogP contribution < -0.4 is 0 Å². The van der Waals surface area contributed by atoms with E-state index >= 15 is 0 Å². The Labute approximate surface area is 147 Å². The smallest absolute Gasteiger partial charge is 0.214 e. The maximum Gasteiger partial charge on any atom is 0.214 e. The first kappa shape index (κ1) is 22.4. The Balaban J connectivity index is 3.19. The lowest BCUT2D eigenvalue weighted by atomic mass is 10.4. The largest absolute Gasteiger partial charge is 0.378 e. The van der Waals surface area contributed by atoms with Crippen LogP contribution in [0.4, 0.5) is 0 Å². The standard InChI is InChI=1S/C16H26O5S2/c1-13(2)15(17)22-11-9-20-7-5-19-6-8-21-10-12-23-16(18)14(3)4/h1,3,5-12H2,2,4H3. The van der Waals surface area contributed by atoms with E-state index in [0.717, 1.165) is 0 Å². The van der Waals surface area contributed by atoms with E-state index in [4.69, 9.17) is 14.2 Å². The average Bonchev–Trinajstić information content (AvgIpc) is 2.50. The maximum absolute atomic E-state index is 11.2. The van der Waals surface area contributed by atoms with Gasteiger partial charge in [-0.2, -0.15) is 0 Å². The minimum atomic E-state index is 0.00473. The second-order valence-electron chi connectivity index (χ2n) is 4.67. The van der Waals surface area contributed by atoms with Crippen molar-refractivity contribution in [3.8, 4) is 0 Å². The highest BCUT2D eigenvalue weighted by Gasteiger charge is 2.03. The van der Waals surface area contributed by atoms with Crippen LogP contribution in [-0.2, 0) is 23.8 Å². The Morgan fingerprint density at radius 2 is 1.00 bits per heavy atom. The Hall–Kier alpha value is -0.600. The first-order valence-corrected chi connectivity index (χ1v) is 9.30. The van der Waals surface area contributed by atoms with Crippen LogP contribution in [-0.4, -0.2) is 61.4 Å². The molecule has 0 aromatic rings. The van der Waals surface area contributed by atoms with E-state index in [1.54, 1.807) is 13.8 Å². The SMILES string of the molecule is C=C(C)C(=O)SCCOCCOCCOCCSC(=O)C(=C)C. The molecule has 0 rings (SSSR count). The summed E-state index contributed by atoms with van der Waals surface area (Å²) in [4.78, 5) is 22.5. The van der Waals surface area contributed by atoms with Gasteiger partial charge in [0.05, 0.1) is 39.6 Å². The number of thioether (sulfide) groups is 2. The zero-order valence-electron chi connectivity index (χ0n) is 13.9. The molecule has 0 aromatic carbocycles. The summed E-state index contributed by atoms with van der Waals surface area (Å²) < 4.78 is 16.0. The third-order valence-corrected chi connectivity index (χ3v) is 4.33. The van der Waals surface area contributed by atoms with E-state index in [1.807, 2.05) is 0 Å². The van der Waals surface area contributed by atoms with Crippen molar-refractivity contribution in [1.29, 1.82) is 0 Å². The Kier molecular flexibility index (Phi) is 14.6. The van der Waals surface area contributed by atoms with Crippen molar-refractivity contribution in [3.63, 3.8) is 0 Å². The molecule has 0 spiro atoms. The fraction of sp³-hybridized carbons (Fsp3) is 0.625. The second kappa shape index (κ2) is 15.0. The molecule has 0 saturated heterocycles. The van der Waals surface area contributed by atoms with Gasteiger partial charge in [-0.05, 0) is 25.0 Å². The minimum absolute atomic E-state index is 0.00473. The zero-order valence-corrected chi connectivity index (χ0v) is 15.6. The number of hydrogen-bond acceptors (Lipinski definition) is 7. The zero-order chi connectivity index (χ0) is 17.5. The molecule has 0 aliphatic heterocycles. The van der Waals surface area contributed by atoms with Gasteiger partial charge in [0.1, 0.15) is 0 Å². The normalized spacial score (nSPS) is 10.5. The molecular formula is C16H26O5S2. The molecule has 0 fully saturated rings. The average molecular weight is 363 g/mol. The van der Waals surface area contributed by atoms with Crippen molar-refractivity contribution < 1.29 is 23.8 Å². The highest BCUT2D eigenvalue weighted by atomic mass is 32.2. The molecule has 0 aromatic heterocycles. The summed E-state index contributed by atoms with van der Waals surface area (Å²) in [5.74, 6) is 1.24. The van der Waals surface area contributed by atoms with Gasteiger partial charge < -0.3 is 14.2 Å². The minimum Gasteiger partial charge on any atom is -0.378 e. The van der Waals surface area contributed by atoms with Gasteiger partial charge in [-0.1, -0.05) is 36.7 Å². The highest BCUT2D eigenvalue weighted by molar-refractivity contribution is 8.14. The van der Waals surface area contributed by atoms with Gasteiger partial charge in [0, 0.05) is 11.5 Å². The first-order valence-electron chi connectivity index (χ1n) is 7.33. The van der Waals surface area contributed by atoms with Crippen LogP contribution in [0, 0.1) is 0 Å². The molecule has 0 unspecified atom stereocenters. The van der Waals surface area contributed by atoms with Crippen LogP contribution in [0.1, 0.15) is 13.8 Å². The Bertz CT molecular complexity index is 360. The molecule has 0 N–H and O–H groups in total. The number of rotatable bonds is 14. The Morgan fingerprint density at radius 3 is 1.30 bits per heavy atom. The topological polar surface area (TPSA) is 61.8 Å². The van der Waals surface area contributed by atoms with Crippen molar-refractivity contribution in [1.82, 2.24) is 0 Å². The number of ether oxygens (including phenoxy) is 3. The lowest BCUT2D eigenvalue weighted by Gasteiger charge is -2.06. The summed E-state index contributed by atoms with van der Waals surface area (Å²) in [5.41, 5.74) is 1.11. The molecule has 5 nitrogen and oxygen atoms in total. The van der Waals surface area contributed by atoms with E-state index in [2.05, 4.69) is 13.2 Å². The molecule has 0 heterocycles. The van der Waals surface area contributed by atoms with Crippen molar-refractivity contribution in [3.05, 3.63) is 24.3 Å². The van der Waals surface area contributed by atoms with Gasteiger partial charge in [0.25, 0.3) is 0 Å². The number of carbonyl (C=O) groups excluding carboxylic acids is 2. The van der Waals surface area contributed by atoms with Crippen LogP contribution in [0.25, 0.3) is 0 Å². The second-order valence-corrected chi connectivity index (χ2v) is 6.81. The maximum atomic E-state index is 11.2. The molecule has 132 valence electrons. The van der Waals surface area contributed by atoms with Gasteiger partial charge in [-0.15, -0.1) is 0 Å². The fourth-order valence-electron chi connectivity index (χ4n) is 1.17. The molecule has 0 amide bonds. The van der Waals surface area contributed by atoms with E-state index in [-0.39, 0.29) is 10.2 Å². The lowest BCUT2D eigenvalue weighted by molar-refractivity contribution is -0.108. The third kappa shape index (κ3) is 14.7. The van der Waals surface area contributed by atoms with Crippen LogP contribution in [0.3, 0.4) is 0 Å². The molecule has 23 heavy (non-hydrogen) atoms. The van der Waals surface area contributed by atoms with Crippen molar-refractivity contribution in [2.45, 2.75) is 13.8 Å². The molecule has 0 atom stereocenters. The summed E-state index contributed by atoms with van der Waals surface area (Å²) in [5, 5.41) is 0.00947. The van der Waals surface area contributed by atoms with E-state index in [0.29, 0.717) is 62.3 Å². The van der Waals surface area contributed by atoms with Crippen LogP contribution in [0.5, 0.6) is 0 Å². The predicted molar refractivity (Wildman–Crippen MR) is 97.0 cm³/mol. The van der Waals surface area contributed by atoms with Crippen molar-refractivity contribution in [2.24, 2.45) is 0 Å². The summed E-state index contributed by atoms with van der Waals surface area (Å²) in [6, 6.07) is 0. The quantitative estimate of drug-likeness (QED) is 0.348.